The first-order valence-corrected chi connectivity index (χ1v) is 16.9. The second-order valence-electron chi connectivity index (χ2n) is 12.7. The van der Waals surface area contributed by atoms with Crippen LogP contribution in [0.25, 0.3) is 10.8 Å². The molecule has 2 aliphatic carbocycles. The van der Waals surface area contributed by atoms with Crippen molar-refractivity contribution in [1.29, 1.82) is 0 Å². The molecule has 8 heteroatoms. The topological polar surface area (TPSA) is 74.7 Å². The van der Waals surface area contributed by atoms with Crippen LogP contribution in [0.15, 0.2) is 52.2 Å². The third-order valence-corrected chi connectivity index (χ3v) is 10.6. The molecule has 3 fully saturated rings. The number of rotatable bonds is 7. The molecule has 41 heavy (non-hydrogen) atoms. The van der Waals surface area contributed by atoms with Crippen LogP contribution in [0, 0.1) is 24.7 Å². The molecule has 1 N–H and O–H groups in total. The molecule has 6 rings (SSSR count). The third-order valence-electron chi connectivity index (χ3n) is 9.32. The van der Waals surface area contributed by atoms with Gasteiger partial charge >= 0.3 is 0 Å². The fourth-order valence-electron chi connectivity index (χ4n) is 6.86. The maximum atomic E-state index is 13.8. The number of hydrogen-bond acceptors (Lipinski definition) is 5. The van der Waals surface area contributed by atoms with Crippen LogP contribution in [-0.4, -0.2) is 57.4 Å². The van der Waals surface area contributed by atoms with Crippen LogP contribution in [0.4, 0.5) is 11.5 Å². The van der Waals surface area contributed by atoms with Gasteiger partial charge in [0.1, 0.15) is 5.82 Å². The van der Waals surface area contributed by atoms with Crippen molar-refractivity contribution in [2.75, 3.05) is 36.1 Å². The van der Waals surface area contributed by atoms with Crippen molar-refractivity contribution in [3.63, 3.8) is 0 Å². The van der Waals surface area contributed by atoms with Gasteiger partial charge in [0.25, 0.3) is 5.56 Å². The van der Waals surface area contributed by atoms with E-state index >= 15 is 0 Å². The van der Waals surface area contributed by atoms with Crippen LogP contribution < -0.4 is 15.8 Å². The first kappa shape index (κ1) is 27.9. The monoisotopic (exact) mass is 574 g/mol. The van der Waals surface area contributed by atoms with E-state index in [-0.39, 0.29) is 23.6 Å². The Balaban J connectivity index is 1.31. The average molecular weight is 575 g/mol. The lowest BCUT2D eigenvalue weighted by Gasteiger charge is -2.42. The number of aryl methyl sites for hydroxylation is 1. The zero-order valence-electron chi connectivity index (χ0n) is 24.9. The Morgan fingerprint density at radius 3 is 2.54 bits per heavy atom. The van der Waals surface area contributed by atoms with Crippen LogP contribution in [0.1, 0.15) is 50.3 Å². The third kappa shape index (κ3) is 5.27. The van der Waals surface area contributed by atoms with Crippen LogP contribution in [-0.2, 0) is 21.4 Å². The van der Waals surface area contributed by atoms with Gasteiger partial charge in [0.15, 0.2) is 0 Å². The van der Waals surface area contributed by atoms with Crippen LogP contribution in [0.3, 0.4) is 0 Å². The number of anilines is 2. The molecule has 7 nitrogen and oxygen atoms in total. The fraction of sp³-hybridized carbons (Fsp3) is 0.485. The summed E-state index contributed by atoms with van der Waals surface area (Å²) in [6.07, 6.45) is 5.32. The second kappa shape index (κ2) is 10.2. The summed E-state index contributed by atoms with van der Waals surface area (Å²) in [7, 11) is -0.574. The fourth-order valence-corrected chi connectivity index (χ4v) is 7.82. The molecule has 2 heterocycles. The summed E-state index contributed by atoms with van der Waals surface area (Å²) in [6.45, 7) is 8.29. The number of carbonyl (C=O) groups excluding carboxylic acids is 1. The number of hydrogen-bond donors (Lipinski definition) is 1. The standard InChI is InChI=1S/C33H42N4O3S/c1-20-15-24(22(3)34-29-9-7-8-10-30(29)41(5,6)40)26-18-31(35(4)32(38)27(26)16-20)37-14-13-36(19-21(37)2)33(39)28-17-25(28)23-11-12-23/h7-10,15-16,18,21-23,25,28,34H,5,11-14,17,19H2,1-4,6H3/t21-,22-,25?,28?,41?/m1/s1. The summed E-state index contributed by atoms with van der Waals surface area (Å²) < 4.78 is 14.6. The van der Waals surface area contributed by atoms with E-state index in [9.17, 15) is 13.8 Å². The zero-order valence-corrected chi connectivity index (χ0v) is 25.7. The molecular formula is C33H42N4O3S. The van der Waals surface area contributed by atoms with Crippen molar-refractivity contribution in [3.8, 4) is 0 Å². The minimum Gasteiger partial charge on any atom is -0.378 e. The Bertz CT molecular complexity index is 1690. The van der Waals surface area contributed by atoms with Gasteiger partial charge in [-0.15, -0.1) is 0 Å². The Kier molecular flexibility index (Phi) is 6.96. The molecular weight excluding hydrogens is 532 g/mol. The smallest absolute Gasteiger partial charge is 0.259 e. The average Bonchev–Trinajstić information content (AvgIpc) is 3.84. The van der Waals surface area contributed by atoms with Gasteiger partial charge in [0.05, 0.1) is 10.6 Å². The lowest BCUT2D eigenvalue weighted by Crippen LogP contribution is -2.55. The number of fused-ring (bicyclic) bond motifs is 1. The highest BCUT2D eigenvalue weighted by atomic mass is 32.2. The highest BCUT2D eigenvalue weighted by molar-refractivity contribution is 7.99. The molecule has 1 amide bonds. The summed E-state index contributed by atoms with van der Waals surface area (Å²) >= 11 is 0. The van der Waals surface area contributed by atoms with Gasteiger partial charge in [0.2, 0.25) is 5.91 Å². The van der Waals surface area contributed by atoms with E-state index in [1.165, 1.54) is 12.8 Å². The van der Waals surface area contributed by atoms with Crippen molar-refractivity contribution in [3.05, 3.63) is 63.9 Å². The van der Waals surface area contributed by atoms with E-state index < -0.39 is 9.52 Å². The number of nitrogens with zero attached hydrogens (tertiary/aromatic N) is 3. The Hall–Kier alpha value is -3.26. The first-order valence-electron chi connectivity index (χ1n) is 14.8. The van der Waals surface area contributed by atoms with E-state index in [2.05, 4.69) is 47.0 Å². The summed E-state index contributed by atoms with van der Waals surface area (Å²) in [5.41, 5.74) is 2.79. The van der Waals surface area contributed by atoms with Gasteiger partial charge in [-0.25, -0.2) is 0 Å². The van der Waals surface area contributed by atoms with E-state index in [0.717, 1.165) is 40.4 Å². The second-order valence-corrected chi connectivity index (χ2v) is 15.2. The van der Waals surface area contributed by atoms with E-state index in [4.69, 9.17) is 0 Å². The lowest BCUT2D eigenvalue weighted by atomic mass is 9.97. The summed E-state index contributed by atoms with van der Waals surface area (Å²) in [5.74, 6) is 6.75. The summed E-state index contributed by atoms with van der Waals surface area (Å²) in [4.78, 5) is 32.0. The van der Waals surface area contributed by atoms with Crippen molar-refractivity contribution < 1.29 is 9.00 Å². The maximum absolute atomic E-state index is 13.8. The molecule has 3 unspecified atom stereocenters. The number of amides is 1. The van der Waals surface area contributed by atoms with Crippen molar-refractivity contribution in [2.45, 2.75) is 57.0 Å². The number of benzene rings is 2. The minimum absolute atomic E-state index is 0.0275. The molecule has 3 aliphatic rings. The molecule has 0 radical (unpaired) electrons. The summed E-state index contributed by atoms with van der Waals surface area (Å²) in [5, 5.41) is 5.16. The van der Waals surface area contributed by atoms with Crippen LogP contribution in [0.2, 0.25) is 0 Å². The number of pyridine rings is 1. The van der Waals surface area contributed by atoms with E-state index in [1.54, 1.807) is 10.8 Å². The Morgan fingerprint density at radius 1 is 1.12 bits per heavy atom. The van der Waals surface area contributed by atoms with Gasteiger partial charge < -0.3 is 15.1 Å². The number of aromatic nitrogens is 1. The van der Waals surface area contributed by atoms with Crippen molar-refractivity contribution in [1.82, 2.24) is 9.47 Å². The highest BCUT2D eigenvalue weighted by Crippen LogP contribution is 2.55. The molecule has 0 spiro atoms. The predicted octanol–water partition coefficient (Wildman–Crippen LogP) is 4.81. The molecule has 3 aromatic rings. The van der Waals surface area contributed by atoms with Gasteiger partial charge in [-0.1, -0.05) is 18.2 Å². The first-order chi connectivity index (χ1) is 19.4. The molecule has 1 aliphatic heterocycles. The highest BCUT2D eigenvalue weighted by Gasteiger charge is 2.52. The number of piperazine rings is 1. The van der Waals surface area contributed by atoms with E-state index in [0.29, 0.717) is 41.7 Å². The van der Waals surface area contributed by atoms with Crippen molar-refractivity contribution >= 4 is 43.6 Å². The van der Waals surface area contributed by atoms with Gasteiger partial charge in [-0.05, 0) is 108 Å². The SMILES string of the molecule is C=S(C)(=O)c1ccccc1N[C@H](C)c1cc(C)cc2c(=O)n(C)c(N3CCN(C(=O)C4CC4C4CC4)C[C@H]3C)cc12. The molecule has 1 saturated heterocycles. The van der Waals surface area contributed by atoms with Crippen molar-refractivity contribution in [2.24, 2.45) is 24.8 Å². The van der Waals surface area contributed by atoms with Crippen LogP contribution in [0.5, 0.6) is 0 Å². The van der Waals surface area contributed by atoms with Gasteiger partial charge in [0, 0.05) is 56.3 Å². The maximum Gasteiger partial charge on any atom is 0.259 e. The molecule has 218 valence electrons. The largest absolute Gasteiger partial charge is 0.378 e. The minimum atomic E-state index is -2.42. The summed E-state index contributed by atoms with van der Waals surface area (Å²) in [6, 6.07) is 13.8. The number of carbonyl (C=O) groups is 1. The molecule has 2 saturated carbocycles. The molecule has 0 bridgehead atoms. The molecule has 5 atom stereocenters. The lowest BCUT2D eigenvalue weighted by molar-refractivity contribution is -0.133. The zero-order chi connectivity index (χ0) is 29.2. The number of nitrogens with one attached hydrogen (secondary N) is 1. The van der Waals surface area contributed by atoms with E-state index in [1.807, 2.05) is 44.3 Å². The normalized spacial score (nSPS) is 24.7. The Labute approximate surface area is 243 Å². The van der Waals surface area contributed by atoms with Crippen LogP contribution >= 0.6 is 0 Å². The number of para-hydroxylation sites is 1. The molecule has 1 aromatic heterocycles. The quantitative estimate of drug-likeness (QED) is 0.410. The Morgan fingerprint density at radius 2 is 1.85 bits per heavy atom. The van der Waals surface area contributed by atoms with Gasteiger partial charge in [-0.2, -0.15) is 0 Å². The molecule has 2 aromatic carbocycles. The predicted molar refractivity (Wildman–Crippen MR) is 170 cm³/mol. The van der Waals surface area contributed by atoms with Gasteiger partial charge in [-0.3, -0.25) is 18.4 Å².